The third-order valence-electron chi connectivity index (χ3n) is 4.37. The van der Waals surface area contributed by atoms with E-state index in [1.807, 2.05) is 11.7 Å². The minimum atomic E-state index is 0.470. The highest BCUT2D eigenvalue weighted by atomic mass is 15.4. The van der Waals surface area contributed by atoms with Gasteiger partial charge in [0.1, 0.15) is 5.69 Å². The third kappa shape index (κ3) is 1.83. The Bertz CT molecular complexity index is 822. The van der Waals surface area contributed by atoms with Gasteiger partial charge in [0.15, 0.2) is 6.71 Å². The average Bonchev–Trinajstić information content (AvgIpc) is 2.88. The van der Waals surface area contributed by atoms with Crippen LogP contribution >= 0.6 is 0 Å². The molecule has 102 valence electrons. The maximum Gasteiger partial charge on any atom is 0.178 e. The number of aryl methyl sites for hydroxylation is 1. The van der Waals surface area contributed by atoms with Crippen LogP contribution in [0.25, 0.3) is 22.5 Å². The molecule has 0 saturated heterocycles. The Balaban J connectivity index is 2.11. The van der Waals surface area contributed by atoms with Gasteiger partial charge in [-0.15, -0.1) is 5.10 Å². The molecule has 1 aromatic heterocycles. The highest BCUT2D eigenvalue weighted by Crippen LogP contribution is 2.33. The number of fused-ring (bicyclic) bond motifs is 5. The number of hydrogen-bond donors (Lipinski definition) is 0. The van der Waals surface area contributed by atoms with Crippen LogP contribution in [0.2, 0.25) is 6.82 Å². The Labute approximate surface area is 124 Å². The van der Waals surface area contributed by atoms with Crippen LogP contribution in [0.15, 0.2) is 48.5 Å². The Morgan fingerprint density at radius 1 is 1.00 bits per heavy atom. The zero-order chi connectivity index (χ0) is 14.4. The molecule has 0 atom stereocenters. The van der Waals surface area contributed by atoms with Gasteiger partial charge in [-0.25, -0.2) is 4.68 Å². The van der Waals surface area contributed by atoms with Crippen molar-refractivity contribution in [2.24, 2.45) is 7.05 Å². The Morgan fingerprint density at radius 2 is 1.71 bits per heavy atom. The first-order valence-electron chi connectivity index (χ1n) is 7.33. The highest BCUT2D eigenvalue weighted by Gasteiger charge is 2.26. The molecule has 0 saturated carbocycles. The summed E-state index contributed by atoms with van der Waals surface area (Å²) in [6.07, 6.45) is 1.04. The quantitative estimate of drug-likeness (QED) is 0.589. The lowest BCUT2D eigenvalue weighted by Crippen LogP contribution is -2.32. The summed E-state index contributed by atoms with van der Waals surface area (Å²) in [5.74, 6) is 0. The van der Waals surface area contributed by atoms with Crippen molar-refractivity contribution in [2.75, 3.05) is 0 Å². The van der Waals surface area contributed by atoms with Gasteiger partial charge >= 0.3 is 0 Å². The Kier molecular flexibility index (Phi) is 2.71. The van der Waals surface area contributed by atoms with Crippen LogP contribution < -0.4 is 5.46 Å². The van der Waals surface area contributed by atoms with Crippen molar-refractivity contribution in [3.63, 3.8) is 0 Å². The molecule has 1 aliphatic rings. The van der Waals surface area contributed by atoms with E-state index < -0.39 is 0 Å². The maximum atomic E-state index is 4.45. The van der Waals surface area contributed by atoms with Crippen molar-refractivity contribution in [1.29, 1.82) is 0 Å². The fraction of sp³-hybridized carbons (Fsp3) is 0.176. The smallest absolute Gasteiger partial charge is 0.178 e. The fourth-order valence-corrected chi connectivity index (χ4v) is 3.35. The van der Waals surface area contributed by atoms with Crippen molar-refractivity contribution in [3.05, 3.63) is 54.1 Å². The van der Waals surface area contributed by atoms with Gasteiger partial charge < -0.3 is 0 Å². The third-order valence-corrected chi connectivity index (χ3v) is 4.37. The van der Waals surface area contributed by atoms with Gasteiger partial charge in [-0.05, 0) is 17.4 Å². The lowest BCUT2D eigenvalue weighted by Gasteiger charge is -2.20. The summed E-state index contributed by atoms with van der Waals surface area (Å²) in [6.45, 7) is 2.76. The van der Waals surface area contributed by atoms with Crippen LogP contribution in [-0.2, 0) is 13.4 Å². The Hall–Kier alpha value is -2.36. The van der Waals surface area contributed by atoms with E-state index in [2.05, 4.69) is 65.7 Å². The zero-order valence-corrected chi connectivity index (χ0v) is 12.2. The monoisotopic (exact) mass is 273 g/mol. The molecule has 0 amide bonds. The van der Waals surface area contributed by atoms with Crippen LogP contribution in [0.5, 0.6) is 0 Å². The molecule has 4 heteroatoms. The molecule has 2 aromatic carbocycles. The minimum absolute atomic E-state index is 0.470. The second-order valence-corrected chi connectivity index (χ2v) is 5.76. The second kappa shape index (κ2) is 4.59. The van der Waals surface area contributed by atoms with Gasteiger partial charge in [0, 0.05) is 12.6 Å². The molecule has 0 fully saturated rings. The van der Waals surface area contributed by atoms with Crippen molar-refractivity contribution in [3.8, 4) is 22.5 Å². The number of hydrogen-bond acceptors (Lipinski definition) is 2. The van der Waals surface area contributed by atoms with E-state index in [9.17, 15) is 0 Å². The number of aromatic nitrogens is 3. The molecule has 1 aliphatic heterocycles. The standard InChI is InChI=1S/C17H16BN3/c1-18-11-12-7-3-4-8-13(12)17-16(19-20-21(17)2)14-9-5-6-10-15(14)18/h3-10H,11H2,1-2H3. The fourth-order valence-electron chi connectivity index (χ4n) is 3.35. The van der Waals surface area contributed by atoms with Gasteiger partial charge in [-0.3, -0.25) is 0 Å². The van der Waals surface area contributed by atoms with Crippen molar-refractivity contribution in [1.82, 2.24) is 15.0 Å². The molecule has 3 nitrogen and oxygen atoms in total. The summed E-state index contributed by atoms with van der Waals surface area (Å²) in [5, 5.41) is 8.72. The van der Waals surface area contributed by atoms with Crippen LogP contribution in [0.4, 0.5) is 0 Å². The van der Waals surface area contributed by atoms with Crippen LogP contribution in [-0.4, -0.2) is 21.7 Å². The van der Waals surface area contributed by atoms with Gasteiger partial charge in [-0.2, -0.15) is 0 Å². The van der Waals surface area contributed by atoms with Crippen LogP contribution in [0.3, 0.4) is 0 Å². The Morgan fingerprint density at radius 3 is 2.57 bits per heavy atom. The molecule has 0 N–H and O–H groups in total. The van der Waals surface area contributed by atoms with E-state index in [1.54, 1.807) is 0 Å². The SMILES string of the molecule is CB1Cc2ccccc2-c2c(nnn2C)-c2ccccc21. The number of nitrogens with zero attached hydrogens (tertiary/aromatic N) is 3. The van der Waals surface area contributed by atoms with Crippen molar-refractivity contribution in [2.45, 2.75) is 13.1 Å². The topological polar surface area (TPSA) is 30.7 Å². The van der Waals surface area contributed by atoms with Crippen molar-refractivity contribution >= 4 is 12.2 Å². The van der Waals surface area contributed by atoms with Gasteiger partial charge in [0.2, 0.25) is 0 Å². The lowest BCUT2D eigenvalue weighted by atomic mass is 9.42. The molecule has 2 heterocycles. The van der Waals surface area contributed by atoms with Gasteiger partial charge in [0.25, 0.3) is 0 Å². The molecular formula is C17H16BN3. The maximum absolute atomic E-state index is 4.45. The molecule has 0 bridgehead atoms. The normalized spacial score (nSPS) is 13.0. The van der Waals surface area contributed by atoms with E-state index >= 15 is 0 Å². The van der Waals surface area contributed by atoms with Gasteiger partial charge in [-0.1, -0.05) is 66.0 Å². The largest absolute Gasteiger partial charge is 0.247 e. The molecule has 0 spiro atoms. The van der Waals surface area contributed by atoms with E-state index in [0.717, 1.165) is 17.7 Å². The highest BCUT2D eigenvalue weighted by molar-refractivity contribution is 6.73. The molecule has 4 rings (SSSR count). The first kappa shape index (κ1) is 12.4. The predicted octanol–water partition coefficient (Wildman–Crippen LogP) is 2.58. The summed E-state index contributed by atoms with van der Waals surface area (Å²) >= 11 is 0. The molecule has 21 heavy (non-hydrogen) atoms. The minimum Gasteiger partial charge on any atom is -0.247 e. The number of benzene rings is 2. The summed E-state index contributed by atoms with van der Waals surface area (Å²) in [7, 11) is 1.97. The average molecular weight is 273 g/mol. The van der Waals surface area contributed by atoms with Crippen LogP contribution in [0, 0.1) is 0 Å². The summed E-state index contributed by atoms with van der Waals surface area (Å²) < 4.78 is 1.89. The first-order valence-corrected chi connectivity index (χ1v) is 7.33. The molecule has 0 aliphatic carbocycles. The molecule has 0 unspecified atom stereocenters. The molecular weight excluding hydrogens is 257 g/mol. The van der Waals surface area contributed by atoms with Crippen molar-refractivity contribution < 1.29 is 0 Å². The summed E-state index contributed by atoms with van der Waals surface area (Å²) in [4.78, 5) is 0. The van der Waals surface area contributed by atoms with E-state index in [0.29, 0.717) is 6.71 Å². The van der Waals surface area contributed by atoms with Gasteiger partial charge in [0.05, 0.1) is 5.69 Å². The van der Waals surface area contributed by atoms with E-state index in [4.69, 9.17) is 0 Å². The zero-order valence-electron chi connectivity index (χ0n) is 12.2. The van der Waals surface area contributed by atoms with Crippen LogP contribution in [0.1, 0.15) is 5.56 Å². The lowest BCUT2D eigenvalue weighted by molar-refractivity contribution is 0.720. The summed E-state index contributed by atoms with van der Waals surface area (Å²) in [5.41, 5.74) is 7.29. The second-order valence-electron chi connectivity index (χ2n) is 5.76. The van der Waals surface area contributed by atoms with E-state index in [-0.39, 0.29) is 0 Å². The molecule has 0 radical (unpaired) electrons. The van der Waals surface area contributed by atoms with E-state index in [1.165, 1.54) is 22.2 Å². The molecule has 3 aromatic rings. The first-order chi connectivity index (χ1) is 10.3. The predicted molar refractivity (Wildman–Crippen MR) is 86.8 cm³/mol. The summed E-state index contributed by atoms with van der Waals surface area (Å²) in [6, 6.07) is 17.2. The number of rotatable bonds is 0.